The van der Waals surface area contributed by atoms with Crippen LogP contribution in [-0.2, 0) is 13.5 Å². The molecular weight excluding hydrogens is 471 g/mol. The molecule has 2 atom stereocenters. The molecule has 3 aromatic heterocycles. The Kier molecular flexibility index (Phi) is 5.44. The van der Waals surface area contributed by atoms with Crippen molar-refractivity contribution in [2.75, 3.05) is 6.54 Å². The maximum absolute atomic E-state index is 14.0. The summed E-state index contributed by atoms with van der Waals surface area (Å²) in [6, 6.07) is 3.77. The van der Waals surface area contributed by atoms with Crippen LogP contribution < -0.4 is 0 Å². The number of aryl methyl sites for hydroxylation is 1. The Morgan fingerprint density at radius 3 is 2.56 bits per heavy atom. The van der Waals surface area contributed by atoms with Crippen LogP contribution in [0, 0.1) is 17.5 Å². The number of benzene rings is 1. The van der Waals surface area contributed by atoms with Crippen molar-refractivity contribution < 1.29 is 18.0 Å². The number of carbonyl (C=O) groups excluding carboxylic acids is 1. The average molecular weight is 493 g/mol. The number of carbonyl (C=O) groups is 1. The Morgan fingerprint density at radius 1 is 1.06 bits per heavy atom. The first-order chi connectivity index (χ1) is 17.4. The normalized spacial score (nSPS) is 19.3. The first kappa shape index (κ1) is 22.6. The van der Waals surface area contributed by atoms with E-state index in [2.05, 4.69) is 20.1 Å². The zero-order chi connectivity index (χ0) is 25.0. The van der Waals surface area contributed by atoms with Crippen molar-refractivity contribution in [2.45, 2.75) is 37.8 Å². The molecule has 1 aromatic carbocycles. The van der Waals surface area contributed by atoms with E-state index in [-0.39, 0.29) is 30.0 Å². The van der Waals surface area contributed by atoms with Crippen LogP contribution in [0.1, 0.15) is 46.9 Å². The molecular formula is C25H22F3N7O. The Morgan fingerprint density at radius 2 is 1.81 bits per heavy atom. The van der Waals surface area contributed by atoms with Crippen molar-refractivity contribution in [1.82, 2.24) is 34.4 Å². The van der Waals surface area contributed by atoms with Crippen molar-refractivity contribution in [1.29, 1.82) is 0 Å². The summed E-state index contributed by atoms with van der Waals surface area (Å²) in [5, 5.41) is 12.3. The van der Waals surface area contributed by atoms with Gasteiger partial charge in [-0.05, 0) is 43.9 Å². The van der Waals surface area contributed by atoms with E-state index in [1.54, 1.807) is 47.4 Å². The number of fused-ring (bicyclic) bond motifs is 4. The molecule has 184 valence electrons. The van der Waals surface area contributed by atoms with Gasteiger partial charge in [-0.3, -0.25) is 23.9 Å². The summed E-state index contributed by atoms with van der Waals surface area (Å²) in [4.78, 5) is 19.7. The first-order valence-corrected chi connectivity index (χ1v) is 11.7. The molecule has 2 aliphatic heterocycles. The molecule has 0 aliphatic carbocycles. The topological polar surface area (TPSA) is 81.7 Å². The highest BCUT2D eigenvalue weighted by atomic mass is 19.2. The van der Waals surface area contributed by atoms with Gasteiger partial charge < -0.3 is 0 Å². The molecule has 6 rings (SSSR count). The Bertz CT molecular complexity index is 1440. The third kappa shape index (κ3) is 3.70. The molecule has 8 nitrogen and oxygen atoms in total. The van der Waals surface area contributed by atoms with E-state index in [1.165, 1.54) is 0 Å². The Labute approximate surface area is 204 Å². The van der Waals surface area contributed by atoms with Crippen LogP contribution in [0.3, 0.4) is 0 Å². The minimum Gasteiger partial charge on any atom is -0.293 e. The van der Waals surface area contributed by atoms with Gasteiger partial charge in [-0.15, -0.1) is 10.2 Å². The summed E-state index contributed by atoms with van der Waals surface area (Å²) in [5.41, 5.74) is 3.72. The van der Waals surface area contributed by atoms with Crippen molar-refractivity contribution in [2.24, 2.45) is 7.05 Å². The van der Waals surface area contributed by atoms with E-state index in [4.69, 9.17) is 5.10 Å². The maximum atomic E-state index is 14.0. The van der Waals surface area contributed by atoms with Gasteiger partial charge in [0.15, 0.2) is 23.2 Å². The minimum absolute atomic E-state index is 0.0587. The van der Waals surface area contributed by atoms with Crippen molar-refractivity contribution in [3.05, 3.63) is 77.5 Å². The Balaban J connectivity index is 1.32. The second kappa shape index (κ2) is 8.66. The Hall–Kier alpha value is -3.86. The zero-order valence-corrected chi connectivity index (χ0v) is 19.4. The number of nitrogens with zero attached hydrogens (tertiary/aromatic N) is 7. The molecule has 0 saturated carbocycles. The third-order valence-corrected chi connectivity index (χ3v) is 7.16. The van der Waals surface area contributed by atoms with Gasteiger partial charge in [-0.2, -0.15) is 5.10 Å². The summed E-state index contributed by atoms with van der Waals surface area (Å²) in [5.74, 6) is -4.01. The lowest BCUT2D eigenvalue weighted by Crippen LogP contribution is -2.48. The summed E-state index contributed by atoms with van der Waals surface area (Å²) in [6.45, 7) is 0.202. The molecule has 0 spiro atoms. The van der Waals surface area contributed by atoms with Crippen molar-refractivity contribution >= 4 is 5.78 Å². The molecule has 0 N–H and O–H groups in total. The lowest BCUT2D eigenvalue weighted by atomic mass is 9.81. The van der Waals surface area contributed by atoms with Crippen molar-refractivity contribution in [3.63, 3.8) is 0 Å². The van der Waals surface area contributed by atoms with Crippen LogP contribution in [0.2, 0.25) is 0 Å². The molecule has 11 heteroatoms. The van der Waals surface area contributed by atoms with E-state index in [0.29, 0.717) is 23.4 Å². The van der Waals surface area contributed by atoms with Crippen LogP contribution >= 0.6 is 0 Å². The summed E-state index contributed by atoms with van der Waals surface area (Å²) >= 11 is 0. The predicted octanol–water partition coefficient (Wildman–Crippen LogP) is 3.81. The number of aromatic nitrogens is 6. The quantitative estimate of drug-likeness (QED) is 0.311. The van der Waals surface area contributed by atoms with Crippen LogP contribution in [0.4, 0.5) is 13.2 Å². The highest BCUT2D eigenvalue weighted by molar-refractivity contribution is 5.97. The number of Topliss-reactive ketones (excluding diaryl/α,β-unsaturated/α-hetero) is 1. The molecule has 2 aliphatic rings. The maximum Gasteiger partial charge on any atom is 0.194 e. The van der Waals surface area contributed by atoms with Crippen LogP contribution in [0.15, 0.2) is 43.2 Å². The second-order valence-electron chi connectivity index (χ2n) is 9.29. The molecule has 1 saturated heterocycles. The van der Waals surface area contributed by atoms with Gasteiger partial charge in [0, 0.05) is 36.0 Å². The molecule has 0 unspecified atom stereocenters. The lowest BCUT2D eigenvalue weighted by Gasteiger charge is -2.45. The van der Waals surface area contributed by atoms with Gasteiger partial charge in [-0.25, -0.2) is 13.2 Å². The number of pyridine rings is 1. The van der Waals surface area contributed by atoms with E-state index < -0.39 is 17.5 Å². The summed E-state index contributed by atoms with van der Waals surface area (Å²) in [7, 11) is 1.72. The molecule has 0 radical (unpaired) electrons. The van der Waals surface area contributed by atoms with E-state index in [9.17, 15) is 18.0 Å². The van der Waals surface area contributed by atoms with Gasteiger partial charge in [0.25, 0.3) is 0 Å². The van der Waals surface area contributed by atoms with Gasteiger partial charge in [0.2, 0.25) is 0 Å². The molecule has 4 aromatic rings. The summed E-state index contributed by atoms with van der Waals surface area (Å²) in [6.07, 6.45) is 9.56. The van der Waals surface area contributed by atoms with Gasteiger partial charge >= 0.3 is 0 Å². The number of halogens is 3. The van der Waals surface area contributed by atoms with E-state index >= 15 is 0 Å². The van der Waals surface area contributed by atoms with Gasteiger partial charge in [0.05, 0.1) is 35.9 Å². The standard InChI is InChI=1S/C25H22F3N7O/c1-33-25(14-6-19(26)23(28)20(27)7-14)18-8-16-3-2-4-21(24(18)32-33)35(16)11-22(36)15-5-17(10-29-9-15)34-12-30-31-13-34/h5-7,9-10,12-13,16,21H,2-4,8,11H2,1H3/t16-,21+/m1/s1. The number of ketones is 1. The monoisotopic (exact) mass is 493 g/mol. The molecule has 5 heterocycles. The van der Waals surface area contributed by atoms with E-state index in [0.717, 1.165) is 42.7 Å². The minimum atomic E-state index is -1.49. The van der Waals surface area contributed by atoms with Crippen LogP contribution in [0.5, 0.6) is 0 Å². The second-order valence-corrected chi connectivity index (χ2v) is 9.29. The molecule has 1 fully saturated rings. The third-order valence-electron chi connectivity index (χ3n) is 7.16. The number of piperidine rings is 1. The molecule has 2 bridgehead atoms. The van der Waals surface area contributed by atoms with Crippen molar-refractivity contribution in [3.8, 4) is 16.9 Å². The fourth-order valence-corrected chi connectivity index (χ4v) is 5.54. The fourth-order valence-electron chi connectivity index (χ4n) is 5.54. The number of hydrogen-bond donors (Lipinski definition) is 0. The molecule has 36 heavy (non-hydrogen) atoms. The van der Waals surface area contributed by atoms with Crippen LogP contribution in [0.25, 0.3) is 16.9 Å². The fraction of sp³-hybridized carbons (Fsp3) is 0.320. The predicted molar refractivity (Wildman–Crippen MR) is 123 cm³/mol. The highest BCUT2D eigenvalue weighted by Gasteiger charge is 2.41. The van der Waals surface area contributed by atoms with Gasteiger partial charge in [0.1, 0.15) is 12.7 Å². The zero-order valence-electron chi connectivity index (χ0n) is 19.4. The molecule has 0 amide bonds. The summed E-state index contributed by atoms with van der Waals surface area (Å²) < 4.78 is 44.9. The average Bonchev–Trinajstić information content (AvgIpc) is 3.51. The lowest BCUT2D eigenvalue weighted by molar-refractivity contribution is 0.0562. The first-order valence-electron chi connectivity index (χ1n) is 11.7. The largest absolute Gasteiger partial charge is 0.293 e. The number of hydrogen-bond acceptors (Lipinski definition) is 6. The van der Waals surface area contributed by atoms with Gasteiger partial charge in [-0.1, -0.05) is 0 Å². The SMILES string of the molecule is Cn1nc2c(c1-c1cc(F)c(F)c(F)c1)C[C@H]1CCC[C@@H]2N1CC(=O)c1cncc(-n2cnnc2)c1. The van der Waals surface area contributed by atoms with E-state index in [1.807, 2.05) is 0 Å². The smallest absolute Gasteiger partial charge is 0.194 e. The highest BCUT2D eigenvalue weighted by Crippen LogP contribution is 2.44. The van der Waals surface area contributed by atoms with Crippen LogP contribution in [-0.4, -0.2) is 52.8 Å². The number of rotatable bonds is 5.